The Bertz CT molecular complexity index is 495. The van der Waals surface area contributed by atoms with E-state index in [0.29, 0.717) is 28.0 Å². The van der Waals surface area contributed by atoms with Gasteiger partial charge in [0.1, 0.15) is 5.76 Å². The maximum Gasteiger partial charge on any atom is 0.169 e. The standard InChI is InChI=1S/C12H9Cl3O2/c13-7-1-3-11(9(15)5-7)17-12-4-2-8(14)6-10(12)16/h2-7,16H,1H2. The van der Waals surface area contributed by atoms with Gasteiger partial charge in [0.05, 0.1) is 10.4 Å². The van der Waals surface area contributed by atoms with Crippen LogP contribution in [0.15, 0.2) is 41.1 Å². The molecular weight excluding hydrogens is 282 g/mol. The van der Waals surface area contributed by atoms with Crippen LogP contribution in [0.2, 0.25) is 5.02 Å². The van der Waals surface area contributed by atoms with Crippen LogP contribution in [0, 0.1) is 0 Å². The summed E-state index contributed by atoms with van der Waals surface area (Å²) in [6.07, 6.45) is 4.13. The molecule has 2 nitrogen and oxygen atoms in total. The first-order valence-electron chi connectivity index (χ1n) is 4.94. The fourth-order valence-electron chi connectivity index (χ4n) is 1.41. The van der Waals surface area contributed by atoms with Crippen molar-refractivity contribution in [1.29, 1.82) is 0 Å². The maximum absolute atomic E-state index is 9.63. The Kier molecular flexibility index (Phi) is 3.87. The number of aromatic hydroxyl groups is 1. The molecule has 1 aromatic rings. The molecule has 1 unspecified atom stereocenters. The van der Waals surface area contributed by atoms with Gasteiger partial charge >= 0.3 is 0 Å². The average Bonchev–Trinajstić information content (AvgIpc) is 2.25. The van der Waals surface area contributed by atoms with Crippen LogP contribution in [0.1, 0.15) is 6.42 Å². The van der Waals surface area contributed by atoms with Gasteiger partial charge in [-0.2, -0.15) is 0 Å². The normalized spacial score (nSPS) is 19.6. The molecule has 2 rings (SSSR count). The van der Waals surface area contributed by atoms with Gasteiger partial charge in [0.2, 0.25) is 0 Å². The molecule has 0 aromatic heterocycles. The van der Waals surface area contributed by atoms with Crippen LogP contribution in [0.5, 0.6) is 11.5 Å². The van der Waals surface area contributed by atoms with Gasteiger partial charge in [0.25, 0.3) is 0 Å². The highest BCUT2D eigenvalue weighted by Gasteiger charge is 2.15. The summed E-state index contributed by atoms with van der Waals surface area (Å²) in [7, 11) is 0. The Morgan fingerprint density at radius 1 is 1.29 bits per heavy atom. The first kappa shape index (κ1) is 12.6. The molecule has 90 valence electrons. The molecule has 0 spiro atoms. The number of alkyl halides is 1. The van der Waals surface area contributed by atoms with Crippen molar-refractivity contribution in [3.8, 4) is 11.5 Å². The van der Waals surface area contributed by atoms with Crippen molar-refractivity contribution < 1.29 is 9.84 Å². The third-order valence-electron chi connectivity index (χ3n) is 2.23. The van der Waals surface area contributed by atoms with Crippen molar-refractivity contribution in [1.82, 2.24) is 0 Å². The van der Waals surface area contributed by atoms with E-state index >= 15 is 0 Å². The Hall–Kier alpha value is -0.830. The average molecular weight is 292 g/mol. The third kappa shape index (κ3) is 3.09. The number of hydrogen-bond acceptors (Lipinski definition) is 2. The maximum atomic E-state index is 9.63. The van der Waals surface area contributed by atoms with E-state index in [2.05, 4.69) is 0 Å². The minimum Gasteiger partial charge on any atom is -0.504 e. The van der Waals surface area contributed by atoms with Gasteiger partial charge in [0.15, 0.2) is 11.5 Å². The van der Waals surface area contributed by atoms with Crippen LogP contribution in [0.25, 0.3) is 0 Å². The number of phenolic OH excluding ortho intramolecular Hbond substituents is 1. The molecule has 0 fully saturated rings. The second-order valence-corrected chi connectivity index (χ2v) is 4.95. The first-order chi connectivity index (χ1) is 8.06. The summed E-state index contributed by atoms with van der Waals surface area (Å²) in [5.74, 6) is 0.761. The SMILES string of the molecule is Oc1cc(Cl)ccc1OC1=CCC(Cl)C=C1Cl. The molecule has 0 saturated carbocycles. The van der Waals surface area contributed by atoms with Crippen LogP contribution >= 0.6 is 34.8 Å². The molecule has 1 aliphatic carbocycles. The molecule has 0 bridgehead atoms. The minimum atomic E-state index is -0.117. The van der Waals surface area contributed by atoms with Crippen LogP contribution in [0.4, 0.5) is 0 Å². The van der Waals surface area contributed by atoms with Gasteiger partial charge in [-0.15, -0.1) is 11.6 Å². The summed E-state index contributed by atoms with van der Waals surface area (Å²) in [5.41, 5.74) is 0. The minimum absolute atomic E-state index is 0.0316. The van der Waals surface area contributed by atoms with Gasteiger partial charge < -0.3 is 9.84 Å². The summed E-state index contributed by atoms with van der Waals surface area (Å²) < 4.78 is 5.50. The van der Waals surface area contributed by atoms with Gasteiger partial charge in [0, 0.05) is 11.1 Å². The van der Waals surface area contributed by atoms with Crippen molar-refractivity contribution in [3.63, 3.8) is 0 Å². The largest absolute Gasteiger partial charge is 0.504 e. The van der Waals surface area contributed by atoms with Gasteiger partial charge in [-0.25, -0.2) is 0 Å². The second kappa shape index (κ2) is 5.21. The van der Waals surface area contributed by atoms with E-state index in [4.69, 9.17) is 39.5 Å². The number of phenols is 1. The molecule has 17 heavy (non-hydrogen) atoms. The highest BCUT2D eigenvalue weighted by molar-refractivity contribution is 6.33. The number of hydrogen-bond donors (Lipinski definition) is 1. The van der Waals surface area contributed by atoms with Crippen molar-refractivity contribution >= 4 is 34.8 Å². The van der Waals surface area contributed by atoms with Crippen molar-refractivity contribution in [3.05, 3.63) is 46.2 Å². The van der Waals surface area contributed by atoms with Crippen LogP contribution in [0.3, 0.4) is 0 Å². The predicted molar refractivity (Wildman–Crippen MR) is 70.0 cm³/mol. The summed E-state index contributed by atoms with van der Waals surface area (Å²) in [4.78, 5) is 0. The van der Waals surface area contributed by atoms with Crippen LogP contribution in [-0.4, -0.2) is 10.5 Å². The molecule has 0 aliphatic heterocycles. The van der Waals surface area contributed by atoms with E-state index in [1.807, 2.05) is 0 Å². The molecule has 0 amide bonds. The Balaban J connectivity index is 2.19. The van der Waals surface area contributed by atoms with Crippen LogP contribution < -0.4 is 4.74 Å². The smallest absolute Gasteiger partial charge is 0.169 e. The lowest BCUT2D eigenvalue weighted by Crippen LogP contribution is -2.05. The monoisotopic (exact) mass is 290 g/mol. The van der Waals surface area contributed by atoms with Gasteiger partial charge in [-0.3, -0.25) is 0 Å². The lowest BCUT2D eigenvalue weighted by molar-refractivity contribution is 0.388. The zero-order valence-corrected chi connectivity index (χ0v) is 10.9. The number of benzene rings is 1. The van der Waals surface area contributed by atoms with E-state index in [0.717, 1.165) is 0 Å². The summed E-state index contributed by atoms with van der Waals surface area (Å²) >= 11 is 17.6. The highest BCUT2D eigenvalue weighted by Crippen LogP contribution is 2.34. The topological polar surface area (TPSA) is 29.5 Å². The van der Waals surface area contributed by atoms with E-state index in [9.17, 15) is 5.11 Å². The zero-order chi connectivity index (χ0) is 12.4. The number of allylic oxidation sites excluding steroid dienone is 3. The lowest BCUT2D eigenvalue weighted by Gasteiger charge is -2.15. The van der Waals surface area contributed by atoms with Crippen molar-refractivity contribution in [2.75, 3.05) is 0 Å². The fourth-order valence-corrected chi connectivity index (χ4v) is 2.13. The molecule has 1 N–H and O–H groups in total. The van der Waals surface area contributed by atoms with E-state index in [1.165, 1.54) is 6.07 Å². The molecule has 0 heterocycles. The quantitative estimate of drug-likeness (QED) is 0.816. The van der Waals surface area contributed by atoms with Crippen LogP contribution in [-0.2, 0) is 0 Å². The summed E-state index contributed by atoms with van der Waals surface area (Å²) in [6.45, 7) is 0. The molecule has 1 atom stereocenters. The molecule has 0 radical (unpaired) electrons. The highest BCUT2D eigenvalue weighted by atomic mass is 35.5. The molecule has 0 saturated heterocycles. The summed E-state index contributed by atoms with van der Waals surface area (Å²) in [6, 6.07) is 4.61. The zero-order valence-electron chi connectivity index (χ0n) is 8.66. The van der Waals surface area contributed by atoms with E-state index < -0.39 is 0 Å². The molecular formula is C12H9Cl3O2. The van der Waals surface area contributed by atoms with Gasteiger partial charge in [-0.1, -0.05) is 23.2 Å². The third-order valence-corrected chi connectivity index (χ3v) is 3.08. The molecule has 1 aliphatic rings. The van der Waals surface area contributed by atoms with Gasteiger partial charge in [-0.05, 0) is 30.7 Å². The number of ether oxygens (including phenoxy) is 1. The van der Waals surface area contributed by atoms with E-state index in [1.54, 1.807) is 24.3 Å². The van der Waals surface area contributed by atoms with Crippen molar-refractivity contribution in [2.45, 2.75) is 11.8 Å². The Labute approximate surface area is 114 Å². The first-order valence-corrected chi connectivity index (χ1v) is 6.14. The summed E-state index contributed by atoms with van der Waals surface area (Å²) in [5, 5.41) is 10.4. The van der Waals surface area contributed by atoms with Crippen molar-refractivity contribution in [2.24, 2.45) is 0 Å². The number of halogens is 3. The number of rotatable bonds is 2. The Morgan fingerprint density at radius 2 is 2.06 bits per heavy atom. The predicted octanol–water partition coefficient (Wildman–Crippen LogP) is 4.44. The second-order valence-electron chi connectivity index (χ2n) is 3.55. The lowest BCUT2D eigenvalue weighted by atomic mass is 10.1. The molecule has 5 heteroatoms. The fraction of sp³-hybridized carbons (Fsp3) is 0.167. The van der Waals surface area contributed by atoms with E-state index in [-0.39, 0.29) is 11.1 Å². The molecule has 1 aromatic carbocycles. The Morgan fingerprint density at radius 3 is 2.71 bits per heavy atom.